The van der Waals surface area contributed by atoms with Crippen LogP contribution >= 0.6 is 0 Å². The third-order valence-corrected chi connectivity index (χ3v) is 2.10. The van der Waals surface area contributed by atoms with Crippen molar-refractivity contribution >= 4 is 18.0 Å². The predicted octanol–water partition coefficient (Wildman–Crippen LogP) is -0.246. The molecule has 0 fully saturated rings. The molecule has 7 heteroatoms. The topological polar surface area (TPSA) is 84.9 Å². The van der Waals surface area contributed by atoms with Crippen LogP contribution in [0.15, 0.2) is 0 Å². The van der Waals surface area contributed by atoms with Gasteiger partial charge in [-0.15, -0.1) is 0 Å². The van der Waals surface area contributed by atoms with Gasteiger partial charge in [0.1, 0.15) is 0 Å². The van der Waals surface area contributed by atoms with Gasteiger partial charge in [0.25, 0.3) is 0 Å². The summed E-state index contributed by atoms with van der Waals surface area (Å²) in [6, 6.07) is 0. The highest BCUT2D eigenvalue weighted by molar-refractivity contribution is 5.92. The van der Waals surface area contributed by atoms with Gasteiger partial charge in [0.15, 0.2) is 0 Å². The van der Waals surface area contributed by atoms with Gasteiger partial charge in [-0.1, -0.05) is 6.92 Å². The van der Waals surface area contributed by atoms with Crippen LogP contribution in [-0.2, 0) is 19.1 Å². The number of methoxy groups -OCH3 is 2. The highest BCUT2D eigenvalue weighted by Gasteiger charge is 2.13. The number of hydrogen-bond acceptors (Lipinski definition) is 6. The molecule has 0 aromatic rings. The number of esters is 1. The molecule has 0 spiro atoms. The van der Waals surface area contributed by atoms with Crippen molar-refractivity contribution in [2.24, 2.45) is 0 Å². The minimum absolute atomic E-state index is 0.0304. The monoisotopic (exact) mass is 246 g/mol. The lowest BCUT2D eigenvalue weighted by Gasteiger charge is -2.18. The van der Waals surface area contributed by atoms with Gasteiger partial charge in [0.05, 0.1) is 27.2 Å². The molecule has 0 radical (unpaired) electrons. The zero-order chi connectivity index (χ0) is 13.3. The van der Waals surface area contributed by atoms with Crippen LogP contribution in [-0.4, -0.2) is 56.7 Å². The minimum atomic E-state index is -0.793. The largest absolute Gasteiger partial charge is 0.469 e. The quantitative estimate of drug-likeness (QED) is 0.651. The molecule has 0 saturated heterocycles. The molecule has 2 amide bonds. The van der Waals surface area contributed by atoms with E-state index in [0.717, 1.165) is 0 Å². The molecule has 0 heterocycles. The third kappa shape index (κ3) is 7.29. The Balaban J connectivity index is 3.99. The van der Waals surface area contributed by atoms with Gasteiger partial charge in [-0.05, 0) is 6.54 Å². The van der Waals surface area contributed by atoms with Gasteiger partial charge in [-0.3, -0.25) is 19.8 Å². The van der Waals surface area contributed by atoms with Gasteiger partial charge in [0.2, 0.25) is 5.91 Å². The lowest BCUT2D eigenvalue weighted by Crippen LogP contribution is -2.40. The average Bonchev–Trinajstić information content (AvgIpc) is 2.33. The fourth-order valence-corrected chi connectivity index (χ4v) is 1.11. The molecule has 0 aromatic heterocycles. The molecule has 0 aliphatic rings. The van der Waals surface area contributed by atoms with Crippen LogP contribution in [0.5, 0.6) is 0 Å². The van der Waals surface area contributed by atoms with Crippen LogP contribution < -0.4 is 5.32 Å². The van der Waals surface area contributed by atoms with Gasteiger partial charge in [0, 0.05) is 6.54 Å². The highest BCUT2D eigenvalue weighted by Crippen LogP contribution is 1.93. The summed E-state index contributed by atoms with van der Waals surface area (Å²) in [7, 11) is 2.49. The number of alkyl carbamates (subject to hydrolysis) is 1. The Morgan fingerprint density at radius 2 is 1.82 bits per heavy atom. The van der Waals surface area contributed by atoms with E-state index in [1.165, 1.54) is 14.2 Å². The SMILES string of the molecule is CCN(CCC(=O)OC)CC(=O)NC(=O)OC. The Morgan fingerprint density at radius 3 is 2.29 bits per heavy atom. The maximum absolute atomic E-state index is 11.3. The number of nitrogens with zero attached hydrogens (tertiary/aromatic N) is 1. The van der Waals surface area contributed by atoms with Gasteiger partial charge in [-0.2, -0.15) is 0 Å². The number of rotatable bonds is 6. The standard InChI is InChI=1S/C10H18N2O5/c1-4-12(6-5-9(14)16-2)7-8(13)11-10(15)17-3/h4-7H2,1-3H3,(H,11,13,15). The second kappa shape index (κ2) is 8.51. The van der Waals surface area contributed by atoms with Gasteiger partial charge < -0.3 is 9.47 Å². The third-order valence-electron chi connectivity index (χ3n) is 2.10. The van der Waals surface area contributed by atoms with Crippen molar-refractivity contribution in [1.29, 1.82) is 0 Å². The first-order valence-corrected chi connectivity index (χ1v) is 5.20. The van der Waals surface area contributed by atoms with Crippen molar-refractivity contribution < 1.29 is 23.9 Å². The highest BCUT2D eigenvalue weighted by atomic mass is 16.5. The fraction of sp³-hybridized carbons (Fsp3) is 0.700. The maximum Gasteiger partial charge on any atom is 0.413 e. The summed E-state index contributed by atoms with van der Waals surface area (Å²) >= 11 is 0. The Bertz CT molecular complexity index is 280. The molecule has 0 aromatic carbocycles. The lowest BCUT2D eigenvalue weighted by atomic mass is 10.3. The fourth-order valence-electron chi connectivity index (χ4n) is 1.11. The van der Waals surface area contributed by atoms with E-state index in [1.54, 1.807) is 4.90 Å². The normalized spacial score (nSPS) is 9.88. The van der Waals surface area contributed by atoms with E-state index in [9.17, 15) is 14.4 Å². The molecule has 0 aliphatic carbocycles. The molecular weight excluding hydrogens is 228 g/mol. The van der Waals surface area contributed by atoms with Crippen LogP contribution in [0.1, 0.15) is 13.3 Å². The van der Waals surface area contributed by atoms with E-state index in [-0.39, 0.29) is 18.9 Å². The van der Waals surface area contributed by atoms with Crippen molar-refractivity contribution in [3.05, 3.63) is 0 Å². The lowest BCUT2D eigenvalue weighted by molar-refractivity contribution is -0.141. The zero-order valence-corrected chi connectivity index (χ0v) is 10.3. The van der Waals surface area contributed by atoms with Crippen LogP contribution in [0.3, 0.4) is 0 Å². The number of nitrogens with one attached hydrogen (secondary N) is 1. The molecule has 0 unspecified atom stereocenters. The average molecular weight is 246 g/mol. The van der Waals surface area contributed by atoms with Gasteiger partial charge in [-0.25, -0.2) is 4.79 Å². The number of imide groups is 1. The molecule has 0 atom stereocenters. The molecule has 0 aliphatic heterocycles. The van der Waals surface area contributed by atoms with E-state index in [0.29, 0.717) is 13.1 Å². The molecular formula is C10H18N2O5. The first-order valence-electron chi connectivity index (χ1n) is 5.20. The maximum atomic E-state index is 11.3. The molecule has 17 heavy (non-hydrogen) atoms. The number of hydrogen-bond donors (Lipinski definition) is 1. The van der Waals surface area contributed by atoms with Crippen LogP contribution in [0.2, 0.25) is 0 Å². The molecule has 98 valence electrons. The van der Waals surface area contributed by atoms with E-state index in [4.69, 9.17) is 0 Å². The van der Waals surface area contributed by atoms with Crippen molar-refractivity contribution in [2.45, 2.75) is 13.3 Å². The van der Waals surface area contributed by atoms with E-state index < -0.39 is 12.0 Å². The summed E-state index contributed by atoms with van der Waals surface area (Å²) in [4.78, 5) is 34.7. The smallest absolute Gasteiger partial charge is 0.413 e. The van der Waals surface area contributed by atoms with Crippen molar-refractivity contribution in [1.82, 2.24) is 10.2 Å². The Morgan fingerprint density at radius 1 is 1.18 bits per heavy atom. The summed E-state index contributed by atoms with van der Waals surface area (Å²) in [6.07, 6.45) is -0.588. The number of ether oxygens (including phenoxy) is 2. The summed E-state index contributed by atoms with van der Waals surface area (Å²) in [5.74, 6) is -0.805. The second-order valence-electron chi connectivity index (χ2n) is 3.23. The number of carbonyl (C=O) groups excluding carboxylic acids is 3. The number of carbonyl (C=O) groups is 3. The van der Waals surface area contributed by atoms with Crippen molar-refractivity contribution in [2.75, 3.05) is 33.9 Å². The van der Waals surface area contributed by atoms with Gasteiger partial charge >= 0.3 is 12.1 Å². The van der Waals surface area contributed by atoms with E-state index in [2.05, 4.69) is 9.47 Å². The van der Waals surface area contributed by atoms with E-state index in [1.807, 2.05) is 12.2 Å². The van der Waals surface area contributed by atoms with Crippen LogP contribution in [0.4, 0.5) is 4.79 Å². The first-order chi connectivity index (χ1) is 8.03. The second-order valence-corrected chi connectivity index (χ2v) is 3.23. The van der Waals surface area contributed by atoms with Crippen molar-refractivity contribution in [3.63, 3.8) is 0 Å². The summed E-state index contributed by atoms with van der Waals surface area (Å²) < 4.78 is 8.78. The van der Waals surface area contributed by atoms with Crippen LogP contribution in [0.25, 0.3) is 0 Å². The minimum Gasteiger partial charge on any atom is -0.469 e. The van der Waals surface area contributed by atoms with Crippen LogP contribution in [0, 0.1) is 0 Å². The number of likely N-dealkylation sites (N-methyl/N-ethyl adjacent to an activating group) is 1. The molecule has 7 nitrogen and oxygen atoms in total. The Hall–Kier alpha value is -1.63. The predicted molar refractivity (Wildman–Crippen MR) is 59.3 cm³/mol. The molecule has 1 N–H and O–H groups in total. The molecule has 0 rings (SSSR count). The zero-order valence-electron chi connectivity index (χ0n) is 10.3. The molecule has 0 bridgehead atoms. The summed E-state index contributed by atoms with van der Waals surface area (Å²) in [5.41, 5.74) is 0. The molecule has 0 saturated carbocycles. The first kappa shape index (κ1) is 15.4. The van der Waals surface area contributed by atoms with Crippen molar-refractivity contribution in [3.8, 4) is 0 Å². The Labute approximate surface area is 100 Å². The number of amides is 2. The summed E-state index contributed by atoms with van der Waals surface area (Å²) in [6.45, 7) is 2.87. The Kier molecular flexibility index (Phi) is 7.70. The summed E-state index contributed by atoms with van der Waals surface area (Å²) in [5, 5.41) is 2.04. The van der Waals surface area contributed by atoms with E-state index >= 15 is 0 Å².